The maximum absolute atomic E-state index is 5.14. The van der Waals surface area contributed by atoms with Crippen LogP contribution >= 0.6 is 0 Å². The summed E-state index contributed by atoms with van der Waals surface area (Å²) in [5, 5.41) is 3.24. The molecule has 0 saturated carbocycles. The van der Waals surface area contributed by atoms with Crippen LogP contribution in [0.1, 0.15) is 0 Å². The van der Waals surface area contributed by atoms with E-state index in [-0.39, 0.29) is 0 Å². The summed E-state index contributed by atoms with van der Waals surface area (Å²) in [5.41, 5.74) is 1.88. The number of anilines is 2. The van der Waals surface area contributed by atoms with Gasteiger partial charge >= 0.3 is 0 Å². The summed E-state index contributed by atoms with van der Waals surface area (Å²) < 4.78 is 5.14. The van der Waals surface area contributed by atoms with Crippen molar-refractivity contribution in [2.24, 2.45) is 0 Å². The van der Waals surface area contributed by atoms with Gasteiger partial charge in [-0.15, -0.1) is 0 Å². The summed E-state index contributed by atoms with van der Waals surface area (Å²) in [6.45, 7) is 0. The minimum Gasteiger partial charge on any atom is -0.480 e. The summed E-state index contributed by atoms with van der Waals surface area (Å²) in [5.74, 6) is 0.598. The number of hydrogen-bond donors (Lipinski definition) is 1. The highest BCUT2D eigenvalue weighted by molar-refractivity contribution is 5.63. The van der Waals surface area contributed by atoms with Crippen molar-refractivity contribution in [1.82, 2.24) is 4.98 Å². The fourth-order valence-electron chi connectivity index (χ4n) is 1.33. The second kappa shape index (κ2) is 4.46. The number of para-hydroxylation sites is 1. The smallest absolute Gasteiger partial charge is 0.237 e. The summed E-state index contributed by atoms with van der Waals surface area (Å²) >= 11 is 0. The molecule has 1 heterocycles. The molecule has 0 unspecified atom stereocenters. The number of pyridine rings is 1. The van der Waals surface area contributed by atoms with Crippen molar-refractivity contribution in [1.29, 1.82) is 0 Å². The molecule has 1 aromatic carbocycles. The second-order valence-electron chi connectivity index (χ2n) is 3.05. The molecule has 0 fully saturated rings. The monoisotopic (exact) mass is 200 g/mol. The Balaban J connectivity index is 2.24. The lowest BCUT2D eigenvalue weighted by Crippen LogP contribution is -1.95. The van der Waals surface area contributed by atoms with Crippen LogP contribution in [0, 0.1) is 0 Å². The van der Waals surface area contributed by atoms with Crippen LogP contribution in [0.4, 0.5) is 11.4 Å². The van der Waals surface area contributed by atoms with E-state index in [1.54, 1.807) is 13.3 Å². The van der Waals surface area contributed by atoms with Crippen LogP contribution in [0.5, 0.6) is 5.88 Å². The number of ether oxygens (including phenoxy) is 1. The average Bonchev–Trinajstić information content (AvgIpc) is 2.31. The highest BCUT2D eigenvalue weighted by atomic mass is 16.5. The Labute approximate surface area is 88.7 Å². The van der Waals surface area contributed by atoms with E-state index in [0.717, 1.165) is 11.4 Å². The number of methoxy groups -OCH3 is 1. The molecule has 0 aliphatic heterocycles. The van der Waals surface area contributed by atoms with Crippen molar-refractivity contribution in [3.63, 3.8) is 0 Å². The highest BCUT2D eigenvalue weighted by Gasteiger charge is 2.01. The van der Waals surface area contributed by atoms with Gasteiger partial charge in [-0.05, 0) is 24.3 Å². The molecule has 76 valence electrons. The Morgan fingerprint density at radius 2 is 1.87 bits per heavy atom. The van der Waals surface area contributed by atoms with E-state index in [1.165, 1.54) is 0 Å². The van der Waals surface area contributed by atoms with Crippen LogP contribution in [0.3, 0.4) is 0 Å². The first-order chi connectivity index (χ1) is 7.40. The van der Waals surface area contributed by atoms with Crippen molar-refractivity contribution in [2.45, 2.75) is 0 Å². The molecule has 0 radical (unpaired) electrons. The zero-order chi connectivity index (χ0) is 10.5. The highest BCUT2D eigenvalue weighted by Crippen LogP contribution is 2.23. The standard InChI is InChI=1S/C12H12N2O/c1-15-12-11(8-5-9-13-12)14-10-6-3-2-4-7-10/h2-9,14H,1H3. The van der Waals surface area contributed by atoms with Gasteiger partial charge in [0, 0.05) is 11.9 Å². The normalized spacial score (nSPS) is 9.67. The lowest BCUT2D eigenvalue weighted by molar-refractivity contribution is 0.400. The van der Waals surface area contributed by atoms with Crippen molar-refractivity contribution in [3.05, 3.63) is 48.7 Å². The molecule has 15 heavy (non-hydrogen) atoms. The Hall–Kier alpha value is -2.03. The average molecular weight is 200 g/mol. The van der Waals surface area contributed by atoms with E-state index < -0.39 is 0 Å². The van der Waals surface area contributed by atoms with Gasteiger partial charge in [-0.25, -0.2) is 4.98 Å². The van der Waals surface area contributed by atoms with Gasteiger partial charge in [-0.3, -0.25) is 0 Å². The number of benzene rings is 1. The van der Waals surface area contributed by atoms with E-state index >= 15 is 0 Å². The number of rotatable bonds is 3. The maximum Gasteiger partial charge on any atom is 0.237 e. The van der Waals surface area contributed by atoms with E-state index in [4.69, 9.17) is 4.74 Å². The molecule has 0 spiro atoms. The molecule has 2 rings (SSSR count). The van der Waals surface area contributed by atoms with E-state index in [2.05, 4.69) is 10.3 Å². The van der Waals surface area contributed by atoms with Crippen LogP contribution in [0.2, 0.25) is 0 Å². The molecule has 0 bridgehead atoms. The second-order valence-corrected chi connectivity index (χ2v) is 3.05. The van der Waals surface area contributed by atoms with E-state index in [1.807, 2.05) is 42.5 Å². The zero-order valence-corrected chi connectivity index (χ0v) is 8.47. The molecule has 3 heteroatoms. The Kier molecular flexibility index (Phi) is 2.83. The minimum absolute atomic E-state index is 0.598. The van der Waals surface area contributed by atoms with Crippen molar-refractivity contribution in [2.75, 3.05) is 12.4 Å². The molecule has 3 nitrogen and oxygen atoms in total. The molecule has 0 amide bonds. The van der Waals surface area contributed by atoms with Gasteiger partial charge < -0.3 is 10.1 Å². The quantitative estimate of drug-likeness (QED) is 0.827. The molecular weight excluding hydrogens is 188 g/mol. The van der Waals surface area contributed by atoms with E-state index in [0.29, 0.717) is 5.88 Å². The van der Waals surface area contributed by atoms with Gasteiger partial charge in [-0.2, -0.15) is 0 Å². The van der Waals surface area contributed by atoms with Crippen LogP contribution in [-0.4, -0.2) is 12.1 Å². The lowest BCUT2D eigenvalue weighted by atomic mass is 10.3. The SMILES string of the molecule is COc1ncccc1Nc1ccccc1. The molecule has 2 aromatic rings. The Bertz CT molecular complexity index is 429. The fraction of sp³-hybridized carbons (Fsp3) is 0.0833. The molecule has 0 aliphatic carbocycles. The number of aromatic nitrogens is 1. The first kappa shape index (κ1) is 9.52. The predicted octanol–water partition coefficient (Wildman–Crippen LogP) is 2.83. The van der Waals surface area contributed by atoms with Gasteiger partial charge in [0.25, 0.3) is 0 Å². The van der Waals surface area contributed by atoms with Gasteiger partial charge in [0.15, 0.2) is 0 Å². The zero-order valence-electron chi connectivity index (χ0n) is 8.47. The van der Waals surface area contributed by atoms with Crippen molar-refractivity contribution < 1.29 is 4.74 Å². The van der Waals surface area contributed by atoms with Crippen LogP contribution in [0.15, 0.2) is 48.7 Å². The third-order valence-electron chi connectivity index (χ3n) is 2.02. The summed E-state index contributed by atoms with van der Waals surface area (Å²) in [6.07, 6.45) is 1.70. The summed E-state index contributed by atoms with van der Waals surface area (Å²) in [4.78, 5) is 4.11. The number of nitrogens with one attached hydrogen (secondary N) is 1. The molecule has 0 aliphatic rings. The van der Waals surface area contributed by atoms with Gasteiger partial charge in [0.2, 0.25) is 5.88 Å². The summed E-state index contributed by atoms with van der Waals surface area (Å²) in [7, 11) is 1.61. The van der Waals surface area contributed by atoms with E-state index in [9.17, 15) is 0 Å². The number of nitrogens with zero attached hydrogens (tertiary/aromatic N) is 1. The topological polar surface area (TPSA) is 34.1 Å². The largest absolute Gasteiger partial charge is 0.480 e. The van der Waals surface area contributed by atoms with Crippen molar-refractivity contribution in [3.8, 4) is 5.88 Å². The van der Waals surface area contributed by atoms with Crippen LogP contribution in [-0.2, 0) is 0 Å². The molecule has 0 saturated heterocycles. The molecule has 1 N–H and O–H groups in total. The predicted molar refractivity (Wildman–Crippen MR) is 60.5 cm³/mol. The third kappa shape index (κ3) is 2.26. The fourth-order valence-corrected chi connectivity index (χ4v) is 1.33. The molecular formula is C12H12N2O. The molecule has 1 aromatic heterocycles. The number of hydrogen-bond acceptors (Lipinski definition) is 3. The Morgan fingerprint density at radius 1 is 1.07 bits per heavy atom. The first-order valence-electron chi connectivity index (χ1n) is 4.71. The summed E-state index contributed by atoms with van der Waals surface area (Å²) in [6, 6.07) is 13.7. The van der Waals surface area contributed by atoms with Crippen molar-refractivity contribution >= 4 is 11.4 Å². The van der Waals surface area contributed by atoms with Gasteiger partial charge in [0.05, 0.1) is 7.11 Å². The van der Waals surface area contributed by atoms with Gasteiger partial charge in [-0.1, -0.05) is 18.2 Å². The first-order valence-corrected chi connectivity index (χ1v) is 4.71. The van der Waals surface area contributed by atoms with Gasteiger partial charge in [0.1, 0.15) is 5.69 Å². The minimum atomic E-state index is 0.598. The van der Waals surface area contributed by atoms with Crippen LogP contribution < -0.4 is 10.1 Å². The molecule has 0 atom stereocenters. The third-order valence-corrected chi connectivity index (χ3v) is 2.02. The van der Waals surface area contributed by atoms with Crippen LogP contribution in [0.25, 0.3) is 0 Å². The maximum atomic E-state index is 5.14. The Morgan fingerprint density at radius 3 is 2.60 bits per heavy atom. The lowest BCUT2D eigenvalue weighted by Gasteiger charge is -2.09.